The Hall–Kier alpha value is -3.84. The van der Waals surface area contributed by atoms with E-state index in [1.807, 2.05) is 49.7 Å². The standard InChI is InChI=1S/C33H39N7O4S/c1-33(2,41)23-13-15-38(16-14-23)22-28-34-29-31(37(28)3)35-30(36-32(29)39-17-19-44-20-18-39)26-21-40(27-12-8-7-11-25(26)27)45(42,43)24-9-5-4-6-10-24/h4-12,21,23,41H,13-20,22H2,1-3H3. The number of nitrogens with zero attached hydrogens (tertiary/aromatic N) is 7. The Labute approximate surface area is 263 Å². The minimum atomic E-state index is -3.86. The topological polar surface area (TPSA) is 119 Å². The number of aliphatic hydroxyl groups is 1. The molecule has 7 rings (SSSR count). The van der Waals surface area contributed by atoms with Gasteiger partial charge in [-0.05, 0) is 63.9 Å². The molecule has 5 aromatic rings. The number of anilines is 1. The third-order valence-electron chi connectivity index (χ3n) is 9.27. The van der Waals surface area contributed by atoms with Gasteiger partial charge in [-0.1, -0.05) is 36.4 Å². The van der Waals surface area contributed by atoms with Crippen LogP contribution >= 0.6 is 0 Å². The van der Waals surface area contributed by atoms with E-state index in [0.29, 0.717) is 55.4 Å². The van der Waals surface area contributed by atoms with Crippen LogP contribution in [0.2, 0.25) is 0 Å². The molecule has 0 bridgehead atoms. The molecule has 0 saturated carbocycles. The van der Waals surface area contributed by atoms with Crippen LogP contribution in [0, 0.1) is 5.92 Å². The SMILES string of the molecule is Cn1c(CN2CCC(C(C)(C)O)CC2)nc2c(N3CCOCC3)nc(-c3cn(S(=O)(=O)c4ccccc4)c4ccccc34)nc21. The van der Waals surface area contributed by atoms with E-state index < -0.39 is 15.6 Å². The Morgan fingerprint density at radius 2 is 1.62 bits per heavy atom. The summed E-state index contributed by atoms with van der Waals surface area (Å²) in [5.74, 6) is 2.34. The van der Waals surface area contributed by atoms with Gasteiger partial charge in [0.25, 0.3) is 10.0 Å². The van der Waals surface area contributed by atoms with E-state index in [1.165, 1.54) is 3.97 Å². The van der Waals surface area contributed by atoms with Crippen LogP contribution in [-0.2, 0) is 28.4 Å². The van der Waals surface area contributed by atoms with E-state index in [0.717, 1.165) is 48.5 Å². The average Bonchev–Trinajstić information content (AvgIpc) is 3.59. The molecule has 12 heteroatoms. The number of fused-ring (bicyclic) bond motifs is 2. The maximum atomic E-state index is 13.8. The molecule has 2 aromatic carbocycles. The van der Waals surface area contributed by atoms with E-state index in [4.69, 9.17) is 19.7 Å². The Kier molecular flexibility index (Phi) is 7.63. The molecule has 236 valence electrons. The van der Waals surface area contributed by atoms with E-state index in [-0.39, 0.29) is 10.8 Å². The van der Waals surface area contributed by atoms with E-state index in [1.54, 1.807) is 36.5 Å². The van der Waals surface area contributed by atoms with Crippen LogP contribution < -0.4 is 4.90 Å². The van der Waals surface area contributed by atoms with Crippen molar-refractivity contribution in [2.75, 3.05) is 44.3 Å². The van der Waals surface area contributed by atoms with Crippen LogP contribution in [0.4, 0.5) is 5.82 Å². The first-order valence-corrected chi connectivity index (χ1v) is 17.0. The molecule has 5 heterocycles. The molecular weight excluding hydrogens is 590 g/mol. The second-order valence-electron chi connectivity index (χ2n) is 12.6. The summed E-state index contributed by atoms with van der Waals surface area (Å²) in [5, 5.41) is 11.3. The highest BCUT2D eigenvalue weighted by molar-refractivity contribution is 7.90. The molecule has 0 radical (unpaired) electrons. The van der Waals surface area contributed by atoms with Crippen LogP contribution in [0.25, 0.3) is 33.5 Å². The number of rotatable bonds is 7. The van der Waals surface area contributed by atoms with Crippen molar-refractivity contribution in [1.29, 1.82) is 0 Å². The quantitative estimate of drug-likeness (QED) is 0.285. The lowest BCUT2D eigenvalue weighted by molar-refractivity contribution is -0.0139. The summed E-state index contributed by atoms with van der Waals surface area (Å²) in [5.41, 5.74) is 1.95. The van der Waals surface area contributed by atoms with E-state index in [9.17, 15) is 13.5 Å². The summed E-state index contributed by atoms with van der Waals surface area (Å²) in [7, 11) is -1.88. The Morgan fingerprint density at radius 1 is 0.933 bits per heavy atom. The number of piperidine rings is 1. The zero-order chi connectivity index (χ0) is 31.3. The largest absolute Gasteiger partial charge is 0.390 e. The van der Waals surface area contributed by atoms with Crippen molar-refractivity contribution in [1.82, 2.24) is 28.4 Å². The van der Waals surface area contributed by atoms with Crippen molar-refractivity contribution in [3.05, 3.63) is 66.6 Å². The first-order valence-electron chi connectivity index (χ1n) is 15.5. The number of aryl methyl sites for hydroxylation is 1. The lowest BCUT2D eigenvalue weighted by Crippen LogP contribution is -2.41. The molecule has 45 heavy (non-hydrogen) atoms. The highest BCUT2D eigenvalue weighted by Crippen LogP contribution is 2.35. The monoisotopic (exact) mass is 629 g/mol. The molecule has 0 amide bonds. The number of likely N-dealkylation sites (tertiary alicyclic amines) is 1. The number of benzene rings is 2. The first kappa shape index (κ1) is 29.8. The van der Waals surface area contributed by atoms with Crippen LogP contribution in [0.1, 0.15) is 32.5 Å². The first-order chi connectivity index (χ1) is 21.6. The van der Waals surface area contributed by atoms with Gasteiger partial charge >= 0.3 is 0 Å². The van der Waals surface area contributed by atoms with Gasteiger partial charge < -0.3 is 19.3 Å². The van der Waals surface area contributed by atoms with Crippen molar-refractivity contribution in [3.8, 4) is 11.4 Å². The number of hydrogen-bond donors (Lipinski definition) is 1. The van der Waals surface area contributed by atoms with Crippen LogP contribution in [0.15, 0.2) is 65.7 Å². The second-order valence-corrected chi connectivity index (χ2v) is 14.4. The summed E-state index contributed by atoms with van der Waals surface area (Å²) in [6, 6.07) is 15.9. The van der Waals surface area contributed by atoms with Gasteiger partial charge in [-0.25, -0.2) is 27.3 Å². The fourth-order valence-corrected chi connectivity index (χ4v) is 7.97. The van der Waals surface area contributed by atoms with Gasteiger partial charge in [0.1, 0.15) is 5.82 Å². The second kappa shape index (κ2) is 11.5. The van der Waals surface area contributed by atoms with E-state index >= 15 is 0 Å². The van der Waals surface area contributed by atoms with Gasteiger partial charge in [0, 0.05) is 37.3 Å². The molecule has 2 saturated heterocycles. The third kappa shape index (κ3) is 5.50. The fourth-order valence-electron chi connectivity index (χ4n) is 6.58. The van der Waals surface area contributed by atoms with Crippen LogP contribution in [-0.4, -0.2) is 86.9 Å². The summed E-state index contributed by atoms with van der Waals surface area (Å²) in [6.07, 6.45) is 3.51. The van der Waals surface area contributed by atoms with Gasteiger partial charge in [0.05, 0.1) is 35.8 Å². The maximum Gasteiger partial charge on any atom is 0.268 e. The zero-order valence-corrected chi connectivity index (χ0v) is 26.7. The number of morpholine rings is 1. The number of ether oxygens (including phenoxy) is 1. The molecule has 0 atom stereocenters. The van der Waals surface area contributed by atoms with Crippen LogP contribution in [0.3, 0.4) is 0 Å². The van der Waals surface area contributed by atoms with Gasteiger partial charge in [-0.2, -0.15) is 0 Å². The summed E-state index contributed by atoms with van der Waals surface area (Å²) < 4.78 is 36.6. The van der Waals surface area contributed by atoms with Crippen LogP contribution in [0.5, 0.6) is 0 Å². The number of imidazole rings is 1. The average molecular weight is 630 g/mol. The van der Waals surface area contributed by atoms with Gasteiger partial charge in [-0.15, -0.1) is 0 Å². The highest BCUT2D eigenvalue weighted by Gasteiger charge is 2.32. The van der Waals surface area contributed by atoms with Crippen molar-refractivity contribution in [2.24, 2.45) is 13.0 Å². The zero-order valence-electron chi connectivity index (χ0n) is 25.9. The smallest absolute Gasteiger partial charge is 0.268 e. The number of hydrogen-bond acceptors (Lipinski definition) is 9. The lowest BCUT2D eigenvalue weighted by atomic mass is 9.83. The molecule has 0 unspecified atom stereocenters. The number of aromatic nitrogens is 5. The molecule has 0 spiro atoms. The predicted octanol–water partition coefficient (Wildman–Crippen LogP) is 4.04. The van der Waals surface area contributed by atoms with Gasteiger partial charge in [-0.3, -0.25) is 4.90 Å². The number of para-hydroxylation sites is 1. The minimum Gasteiger partial charge on any atom is -0.390 e. The summed E-state index contributed by atoms with van der Waals surface area (Å²) in [4.78, 5) is 20.0. The minimum absolute atomic E-state index is 0.213. The molecule has 11 nitrogen and oxygen atoms in total. The normalized spacial score (nSPS) is 17.5. The Bertz CT molecular complexity index is 1950. The molecular formula is C33H39N7O4S. The predicted molar refractivity (Wildman–Crippen MR) is 174 cm³/mol. The molecule has 2 aliphatic rings. The third-order valence-corrected chi connectivity index (χ3v) is 11.0. The van der Waals surface area contributed by atoms with Crippen molar-refractivity contribution in [2.45, 2.75) is 43.7 Å². The van der Waals surface area contributed by atoms with Crippen molar-refractivity contribution < 1.29 is 18.3 Å². The van der Waals surface area contributed by atoms with Crippen molar-refractivity contribution in [3.63, 3.8) is 0 Å². The summed E-state index contributed by atoms with van der Waals surface area (Å²) in [6.45, 7) is 8.76. The molecule has 3 aromatic heterocycles. The van der Waals surface area contributed by atoms with Gasteiger partial charge in [0.2, 0.25) is 0 Å². The highest BCUT2D eigenvalue weighted by atomic mass is 32.2. The molecule has 2 aliphatic heterocycles. The molecule has 1 N–H and O–H groups in total. The lowest BCUT2D eigenvalue weighted by Gasteiger charge is -2.37. The van der Waals surface area contributed by atoms with Gasteiger partial charge in [0.15, 0.2) is 22.8 Å². The Balaban J connectivity index is 1.33. The molecule has 2 fully saturated rings. The van der Waals surface area contributed by atoms with E-state index in [2.05, 4.69) is 9.80 Å². The fraction of sp³-hybridized carbons (Fsp3) is 0.424. The van der Waals surface area contributed by atoms with Crippen molar-refractivity contribution >= 4 is 37.9 Å². The summed E-state index contributed by atoms with van der Waals surface area (Å²) >= 11 is 0. The Morgan fingerprint density at radius 3 is 2.33 bits per heavy atom. The molecule has 0 aliphatic carbocycles. The maximum absolute atomic E-state index is 13.8.